The summed E-state index contributed by atoms with van der Waals surface area (Å²) in [4.78, 5) is 10.7. The molecule has 0 amide bonds. The van der Waals surface area contributed by atoms with Gasteiger partial charge in [-0.15, -0.1) is 0 Å². The lowest BCUT2D eigenvalue weighted by atomic mass is 10.0. The Balaban J connectivity index is 2.54. The van der Waals surface area contributed by atoms with Crippen LogP contribution in [0.1, 0.15) is 6.92 Å². The van der Waals surface area contributed by atoms with E-state index >= 15 is 0 Å². The van der Waals surface area contributed by atoms with Gasteiger partial charge < -0.3 is 25.2 Å². The van der Waals surface area contributed by atoms with Crippen molar-refractivity contribution in [3.63, 3.8) is 0 Å². The molecule has 0 aromatic carbocycles. The molecule has 1 saturated heterocycles. The van der Waals surface area contributed by atoms with Crippen LogP contribution in [-0.2, 0) is 9.53 Å². The molecule has 0 aromatic heterocycles. The molecule has 4 N–H and O–H groups in total. The topological polar surface area (TPSA) is 107 Å². The lowest BCUT2D eigenvalue weighted by molar-refractivity contribution is -0.276. The van der Waals surface area contributed by atoms with Crippen LogP contribution in [0.5, 0.6) is 0 Å². The Labute approximate surface area is 90.9 Å². The highest BCUT2D eigenvalue weighted by molar-refractivity contribution is 8.13. The SMILES string of the molecule is CC(=O)SC[C@H]1O[C@@H](O)[C@H](O)[C@@H](O)[C@H]1O. The van der Waals surface area contributed by atoms with Crippen LogP contribution in [0.15, 0.2) is 0 Å². The number of hydrogen-bond acceptors (Lipinski definition) is 7. The zero-order valence-corrected chi connectivity index (χ0v) is 8.92. The van der Waals surface area contributed by atoms with Crippen LogP contribution in [0.25, 0.3) is 0 Å². The van der Waals surface area contributed by atoms with Crippen molar-refractivity contribution in [3.8, 4) is 0 Å². The van der Waals surface area contributed by atoms with Crippen LogP contribution in [0, 0.1) is 0 Å². The van der Waals surface area contributed by atoms with Gasteiger partial charge in [-0.1, -0.05) is 11.8 Å². The first-order chi connectivity index (χ1) is 6.93. The van der Waals surface area contributed by atoms with Gasteiger partial charge in [-0.3, -0.25) is 4.79 Å². The number of aliphatic hydroxyl groups excluding tert-OH is 4. The molecule has 6 nitrogen and oxygen atoms in total. The minimum Gasteiger partial charge on any atom is -0.388 e. The largest absolute Gasteiger partial charge is 0.388 e. The predicted octanol–water partition coefficient (Wildman–Crippen LogP) is -1.93. The van der Waals surface area contributed by atoms with Crippen LogP contribution in [-0.4, -0.2) is 62.0 Å². The lowest BCUT2D eigenvalue weighted by Gasteiger charge is -2.38. The Hall–Kier alpha value is -0.180. The van der Waals surface area contributed by atoms with Crippen molar-refractivity contribution in [1.82, 2.24) is 0 Å². The van der Waals surface area contributed by atoms with Gasteiger partial charge in [-0.05, 0) is 0 Å². The molecule has 15 heavy (non-hydrogen) atoms. The van der Waals surface area contributed by atoms with E-state index in [4.69, 9.17) is 14.9 Å². The number of aliphatic hydroxyl groups is 4. The Kier molecular flexibility index (Phi) is 4.50. The lowest BCUT2D eigenvalue weighted by Crippen LogP contribution is -2.58. The second-order valence-corrected chi connectivity index (χ2v) is 4.54. The smallest absolute Gasteiger partial charge is 0.185 e. The summed E-state index contributed by atoms with van der Waals surface area (Å²) in [6, 6.07) is 0. The Morgan fingerprint density at radius 2 is 1.80 bits per heavy atom. The molecule has 7 heteroatoms. The van der Waals surface area contributed by atoms with Crippen molar-refractivity contribution in [3.05, 3.63) is 0 Å². The summed E-state index contributed by atoms with van der Waals surface area (Å²) >= 11 is 0.919. The third-order valence-electron chi connectivity index (χ3n) is 2.14. The van der Waals surface area contributed by atoms with Gasteiger partial charge in [0.2, 0.25) is 0 Å². The average molecular weight is 238 g/mol. The van der Waals surface area contributed by atoms with Crippen molar-refractivity contribution < 1.29 is 30.0 Å². The normalized spacial score (nSPS) is 41.5. The number of carbonyl (C=O) groups excluding carboxylic acids is 1. The van der Waals surface area contributed by atoms with Crippen LogP contribution in [0.3, 0.4) is 0 Å². The first-order valence-electron chi connectivity index (χ1n) is 4.44. The fraction of sp³-hybridized carbons (Fsp3) is 0.875. The molecule has 0 bridgehead atoms. The maximum Gasteiger partial charge on any atom is 0.185 e. The van der Waals surface area contributed by atoms with Crippen LogP contribution >= 0.6 is 11.8 Å². The minimum atomic E-state index is -1.54. The molecule has 0 spiro atoms. The van der Waals surface area contributed by atoms with E-state index in [0.29, 0.717) is 0 Å². The van der Waals surface area contributed by atoms with Crippen LogP contribution < -0.4 is 0 Å². The fourth-order valence-electron chi connectivity index (χ4n) is 1.27. The molecule has 0 aromatic rings. The quantitative estimate of drug-likeness (QED) is 0.443. The van der Waals surface area contributed by atoms with E-state index in [1.165, 1.54) is 6.92 Å². The fourth-order valence-corrected chi connectivity index (χ4v) is 1.94. The molecule has 5 atom stereocenters. The maximum absolute atomic E-state index is 10.7. The summed E-state index contributed by atoms with van der Waals surface area (Å²) in [5.41, 5.74) is 0. The van der Waals surface area contributed by atoms with E-state index in [-0.39, 0.29) is 10.9 Å². The van der Waals surface area contributed by atoms with Crippen molar-refractivity contribution in [2.75, 3.05) is 5.75 Å². The van der Waals surface area contributed by atoms with Gasteiger partial charge in [-0.2, -0.15) is 0 Å². The number of thioether (sulfide) groups is 1. The van der Waals surface area contributed by atoms with Crippen molar-refractivity contribution in [2.24, 2.45) is 0 Å². The molecule has 1 heterocycles. The highest BCUT2D eigenvalue weighted by atomic mass is 32.2. The van der Waals surface area contributed by atoms with E-state index in [2.05, 4.69) is 0 Å². The van der Waals surface area contributed by atoms with Crippen molar-refractivity contribution >= 4 is 16.9 Å². The van der Waals surface area contributed by atoms with E-state index in [1.54, 1.807) is 0 Å². The van der Waals surface area contributed by atoms with Gasteiger partial charge in [0.15, 0.2) is 11.4 Å². The Morgan fingerprint density at radius 3 is 2.33 bits per heavy atom. The number of carbonyl (C=O) groups is 1. The molecule has 88 valence electrons. The molecule has 0 radical (unpaired) electrons. The third-order valence-corrected chi connectivity index (χ3v) is 3.04. The Morgan fingerprint density at radius 1 is 1.20 bits per heavy atom. The summed E-state index contributed by atoms with van der Waals surface area (Å²) in [6.45, 7) is 1.36. The van der Waals surface area contributed by atoms with Crippen LogP contribution in [0.4, 0.5) is 0 Å². The van der Waals surface area contributed by atoms with Gasteiger partial charge in [0.1, 0.15) is 18.3 Å². The first-order valence-corrected chi connectivity index (χ1v) is 5.43. The van der Waals surface area contributed by atoms with Crippen molar-refractivity contribution in [2.45, 2.75) is 37.6 Å². The second kappa shape index (κ2) is 5.24. The number of ether oxygens (including phenoxy) is 1. The number of rotatable bonds is 2. The molecule has 0 aliphatic carbocycles. The predicted molar refractivity (Wildman–Crippen MR) is 52.0 cm³/mol. The molecular formula is C8H14O6S. The van der Waals surface area contributed by atoms with Crippen molar-refractivity contribution in [1.29, 1.82) is 0 Å². The Bertz CT molecular complexity index is 235. The molecule has 0 saturated carbocycles. The molecule has 1 aliphatic heterocycles. The standard InChI is InChI=1S/C8H14O6S/c1-3(9)15-2-4-5(10)6(11)7(12)8(13)14-4/h4-8,10-13H,2H2,1H3/t4-,5+,6+,7-,8-/m1/s1. The summed E-state index contributed by atoms with van der Waals surface area (Å²) in [7, 11) is 0. The van der Waals surface area contributed by atoms with Gasteiger partial charge in [0.05, 0.1) is 6.10 Å². The highest BCUT2D eigenvalue weighted by Crippen LogP contribution is 2.22. The van der Waals surface area contributed by atoms with E-state index in [0.717, 1.165) is 11.8 Å². The van der Waals surface area contributed by atoms with Gasteiger partial charge in [0, 0.05) is 12.7 Å². The third kappa shape index (κ3) is 3.13. The zero-order valence-electron chi connectivity index (χ0n) is 8.11. The summed E-state index contributed by atoms with van der Waals surface area (Å²) in [5.74, 6) is 0.122. The number of hydrogen-bond donors (Lipinski definition) is 4. The van der Waals surface area contributed by atoms with E-state index in [1.807, 2.05) is 0 Å². The minimum absolute atomic E-state index is 0.122. The van der Waals surface area contributed by atoms with Gasteiger partial charge >= 0.3 is 0 Å². The molecule has 0 unspecified atom stereocenters. The molecule has 1 aliphatic rings. The average Bonchev–Trinajstić information content (AvgIpc) is 2.18. The summed E-state index contributed by atoms with van der Waals surface area (Å²) in [5, 5.41) is 37.0. The first kappa shape index (κ1) is 12.9. The zero-order chi connectivity index (χ0) is 11.6. The van der Waals surface area contributed by atoms with Gasteiger partial charge in [-0.25, -0.2) is 0 Å². The van der Waals surface area contributed by atoms with E-state index in [9.17, 15) is 15.0 Å². The molecular weight excluding hydrogens is 224 g/mol. The second-order valence-electron chi connectivity index (χ2n) is 3.34. The molecule has 1 rings (SSSR count). The van der Waals surface area contributed by atoms with Gasteiger partial charge in [0.25, 0.3) is 0 Å². The summed E-state index contributed by atoms with van der Waals surface area (Å²) < 4.78 is 4.85. The van der Waals surface area contributed by atoms with E-state index < -0.39 is 30.7 Å². The highest BCUT2D eigenvalue weighted by Gasteiger charge is 2.42. The maximum atomic E-state index is 10.7. The monoisotopic (exact) mass is 238 g/mol. The molecule has 1 fully saturated rings. The summed E-state index contributed by atoms with van der Waals surface area (Å²) in [6.07, 6.45) is -6.71. The van der Waals surface area contributed by atoms with Crippen LogP contribution in [0.2, 0.25) is 0 Å².